The Balaban J connectivity index is 1.71. The number of halogens is 2. The van der Waals surface area contributed by atoms with Crippen molar-refractivity contribution >= 4 is 40.6 Å². The number of nitrogens with zero attached hydrogens (tertiary/aromatic N) is 2. The molecule has 0 aliphatic carbocycles. The Kier molecular flexibility index (Phi) is 5.03. The number of hydrogen-bond donors (Lipinski definition) is 1. The molecule has 6 heteroatoms. The summed E-state index contributed by atoms with van der Waals surface area (Å²) in [5, 5.41) is 3.50. The highest BCUT2D eigenvalue weighted by atomic mass is 35.5. The van der Waals surface area contributed by atoms with Crippen LogP contribution in [0.2, 0.25) is 10.0 Å². The zero-order valence-electron chi connectivity index (χ0n) is 12.6. The molecule has 0 radical (unpaired) electrons. The van der Waals surface area contributed by atoms with Gasteiger partial charge < -0.3 is 10.2 Å². The van der Waals surface area contributed by atoms with E-state index in [4.69, 9.17) is 23.2 Å². The van der Waals surface area contributed by atoms with E-state index in [0.29, 0.717) is 21.3 Å². The van der Waals surface area contributed by atoms with Crippen LogP contribution in [0.3, 0.4) is 0 Å². The standard InChI is InChI=1S/C17H17Cl2N3O/c18-13-5-4-6-14(16(13)19)21-17(23)12-7-8-15(20-11-12)22-9-2-1-3-10-22/h4-8,11H,1-3,9-10H2,(H,21,23). The molecule has 4 nitrogen and oxygen atoms in total. The molecule has 0 saturated carbocycles. The van der Waals surface area contributed by atoms with Gasteiger partial charge in [-0.25, -0.2) is 4.98 Å². The lowest BCUT2D eigenvalue weighted by Gasteiger charge is -2.27. The summed E-state index contributed by atoms with van der Waals surface area (Å²) in [6.07, 6.45) is 5.25. The minimum atomic E-state index is -0.258. The minimum absolute atomic E-state index is 0.258. The lowest BCUT2D eigenvalue weighted by atomic mass is 10.1. The molecule has 1 aromatic heterocycles. The summed E-state index contributed by atoms with van der Waals surface area (Å²) in [5.74, 6) is 0.661. The zero-order valence-corrected chi connectivity index (χ0v) is 14.1. The molecule has 1 N–H and O–H groups in total. The number of benzene rings is 1. The van der Waals surface area contributed by atoms with Gasteiger partial charge in [0.15, 0.2) is 0 Å². The molecule has 1 aliphatic heterocycles. The van der Waals surface area contributed by atoms with Crippen molar-refractivity contribution in [3.8, 4) is 0 Å². The first-order valence-electron chi connectivity index (χ1n) is 7.61. The van der Waals surface area contributed by atoms with E-state index in [1.807, 2.05) is 6.07 Å². The Labute approximate surface area is 145 Å². The van der Waals surface area contributed by atoms with Crippen LogP contribution >= 0.6 is 23.2 Å². The SMILES string of the molecule is O=C(Nc1cccc(Cl)c1Cl)c1ccc(N2CCCCC2)nc1. The van der Waals surface area contributed by atoms with Crippen molar-refractivity contribution in [1.82, 2.24) is 4.98 Å². The van der Waals surface area contributed by atoms with Crippen LogP contribution in [-0.4, -0.2) is 24.0 Å². The van der Waals surface area contributed by atoms with Crippen molar-refractivity contribution in [3.05, 3.63) is 52.1 Å². The number of piperidine rings is 1. The molecule has 0 atom stereocenters. The molecule has 2 heterocycles. The summed E-state index contributed by atoms with van der Waals surface area (Å²) in [7, 11) is 0. The van der Waals surface area contributed by atoms with Crippen molar-refractivity contribution in [2.45, 2.75) is 19.3 Å². The maximum Gasteiger partial charge on any atom is 0.257 e. The van der Waals surface area contributed by atoms with Gasteiger partial charge >= 0.3 is 0 Å². The van der Waals surface area contributed by atoms with Crippen molar-refractivity contribution in [2.75, 3.05) is 23.3 Å². The van der Waals surface area contributed by atoms with Crippen LogP contribution in [0, 0.1) is 0 Å². The average molecular weight is 350 g/mol. The second kappa shape index (κ2) is 7.20. The molecule has 0 spiro atoms. The summed E-state index contributed by atoms with van der Waals surface area (Å²) in [5.41, 5.74) is 0.978. The van der Waals surface area contributed by atoms with Crippen LogP contribution in [0.15, 0.2) is 36.5 Å². The van der Waals surface area contributed by atoms with Crippen LogP contribution in [0.5, 0.6) is 0 Å². The third kappa shape index (κ3) is 3.77. The van der Waals surface area contributed by atoms with Crippen LogP contribution in [0.4, 0.5) is 11.5 Å². The Morgan fingerprint density at radius 1 is 1.09 bits per heavy atom. The Morgan fingerprint density at radius 2 is 1.87 bits per heavy atom. The van der Waals surface area contributed by atoms with E-state index in [9.17, 15) is 4.79 Å². The predicted octanol–water partition coefficient (Wildman–Crippen LogP) is 4.63. The van der Waals surface area contributed by atoms with Crippen LogP contribution < -0.4 is 10.2 Å². The Hall–Kier alpha value is -1.78. The van der Waals surface area contributed by atoms with Crippen LogP contribution in [0.25, 0.3) is 0 Å². The molecular weight excluding hydrogens is 333 g/mol. The number of hydrogen-bond acceptors (Lipinski definition) is 3. The molecule has 23 heavy (non-hydrogen) atoms. The number of aromatic nitrogens is 1. The fourth-order valence-electron chi connectivity index (χ4n) is 2.63. The summed E-state index contributed by atoms with van der Waals surface area (Å²) in [6, 6.07) is 8.79. The Morgan fingerprint density at radius 3 is 2.57 bits per heavy atom. The van der Waals surface area contributed by atoms with Gasteiger partial charge in [0.05, 0.1) is 21.3 Å². The second-order valence-electron chi connectivity index (χ2n) is 5.51. The van der Waals surface area contributed by atoms with Gasteiger partial charge in [-0.05, 0) is 43.5 Å². The van der Waals surface area contributed by atoms with E-state index in [-0.39, 0.29) is 5.91 Å². The largest absolute Gasteiger partial charge is 0.357 e. The summed E-state index contributed by atoms with van der Waals surface area (Å²) in [4.78, 5) is 19.0. The third-order valence-electron chi connectivity index (χ3n) is 3.89. The number of carbonyl (C=O) groups is 1. The summed E-state index contributed by atoms with van der Waals surface area (Å²) < 4.78 is 0. The Bertz CT molecular complexity index is 697. The normalized spacial score (nSPS) is 14.6. The van der Waals surface area contributed by atoms with Crippen molar-refractivity contribution in [3.63, 3.8) is 0 Å². The molecule has 0 bridgehead atoms. The molecule has 1 amide bonds. The van der Waals surface area contributed by atoms with Crippen LogP contribution in [-0.2, 0) is 0 Å². The van der Waals surface area contributed by atoms with E-state index in [1.165, 1.54) is 19.3 Å². The minimum Gasteiger partial charge on any atom is -0.357 e. The number of anilines is 2. The highest BCUT2D eigenvalue weighted by Gasteiger charge is 2.14. The lowest BCUT2D eigenvalue weighted by molar-refractivity contribution is 0.102. The van der Waals surface area contributed by atoms with Gasteiger partial charge in [-0.2, -0.15) is 0 Å². The van der Waals surface area contributed by atoms with E-state index in [0.717, 1.165) is 18.9 Å². The van der Waals surface area contributed by atoms with Gasteiger partial charge in [0.1, 0.15) is 5.82 Å². The number of amides is 1. The van der Waals surface area contributed by atoms with Gasteiger partial charge in [-0.15, -0.1) is 0 Å². The summed E-state index contributed by atoms with van der Waals surface area (Å²) in [6.45, 7) is 2.05. The molecular formula is C17H17Cl2N3O. The van der Waals surface area contributed by atoms with E-state index < -0.39 is 0 Å². The summed E-state index contributed by atoms with van der Waals surface area (Å²) >= 11 is 12.0. The molecule has 1 fully saturated rings. The van der Waals surface area contributed by atoms with Gasteiger partial charge in [0, 0.05) is 19.3 Å². The molecule has 1 saturated heterocycles. The first-order valence-corrected chi connectivity index (χ1v) is 8.37. The first-order chi connectivity index (χ1) is 11.1. The molecule has 1 aromatic carbocycles. The number of rotatable bonds is 3. The number of carbonyl (C=O) groups excluding carboxylic acids is 1. The topological polar surface area (TPSA) is 45.2 Å². The maximum atomic E-state index is 12.3. The second-order valence-corrected chi connectivity index (χ2v) is 6.29. The zero-order chi connectivity index (χ0) is 16.2. The van der Waals surface area contributed by atoms with Gasteiger partial charge in [-0.1, -0.05) is 29.3 Å². The van der Waals surface area contributed by atoms with Crippen molar-refractivity contribution in [2.24, 2.45) is 0 Å². The molecule has 120 valence electrons. The quantitative estimate of drug-likeness (QED) is 0.878. The number of nitrogens with one attached hydrogen (secondary N) is 1. The molecule has 3 rings (SSSR count). The highest BCUT2D eigenvalue weighted by molar-refractivity contribution is 6.44. The number of pyridine rings is 1. The van der Waals surface area contributed by atoms with Gasteiger partial charge in [0.25, 0.3) is 5.91 Å². The average Bonchev–Trinajstić information content (AvgIpc) is 2.60. The molecule has 2 aromatic rings. The van der Waals surface area contributed by atoms with E-state index in [2.05, 4.69) is 15.2 Å². The maximum absolute atomic E-state index is 12.3. The predicted molar refractivity (Wildman–Crippen MR) is 94.7 cm³/mol. The van der Waals surface area contributed by atoms with E-state index in [1.54, 1.807) is 30.5 Å². The van der Waals surface area contributed by atoms with Gasteiger partial charge in [0.2, 0.25) is 0 Å². The smallest absolute Gasteiger partial charge is 0.257 e. The van der Waals surface area contributed by atoms with Crippen molar-refractivity contribution < 1.29 is 4.79 Å². The van der Waals surface area contributed by atoms with Crippen LogP contribution in [0.1, 0.15) is 29.6 Å². The van der Waals surface area contributed by atoms with E-state index >= 15 is 0 Å². The van der Waals surface area contributed by atoms with Gasteiger partial charge in [-0.3, -0.25) is 4.79 Å². The fraction of sp³-hybridized carbons (Fsp3) is 0.294. The molecule has 1 aliphatic rings. The monoisotopic (exact) mass is 349 g/mol. The van der Waals surface area contributed by atoms with Crippen molar-refractivity contribution in [1.29, 1.82) is 0 Å². The molecule has 0 unspecified atom stereocenters. The third-order valence-corrected chi connectivity index (χ3v) is 4.71. The highest BCUT2D eigenvalue weighted by Crippen LogP contribution is 2.29. The first kappa shape index (κ1) is 16.1. The lowest BCUT2D eigenvalue weighted by Crippen LogP contribution is -2.30. The fourth-order valence-corrected chi connectivity index (χ4v) is 2.97.